The Balaban J connectivity index is 1.55. The van der Waals surface area contributed by atoms with Gasteiger partial charge in [-0.05, 0) is 13.0 Å². The summed E-state index contributed by atoms with van der Waals surface area (Å²) in [7, 11) is 0. The van der Waals surface area contributed by atoms with Crippen molar-refractivity contribution >= 4 is 28.8 Å². The number of benzene rings is 1. The van der Waals surface area contributed by atoms with Crippen molar-refractivity contribution in [1.82, 2.24) is 25.2 Å². The number of nitrogens with zero attached hydrogens (tertiary/aromatic N) is 3. The molecule has 27 heavy (non-hydrogen) atoms. The summed E-state index contributed by atoms with van der Waals surface area (Å²) in [5, 5.41) is 13.4. The molecule has 0 radical (unpaired) electrons. The number of anilines is 1. The second kappa shape index (κ2) is 8.13. The van der Waals surface area contributed by atoms with Gasteiger partial charge in [0.2, 0.25) is 11.7 Å². The second-order valence-electron chi connectivity index (χ2n) is 5.71. The molecule has 0 saturated heterocycles. The molecule has 0 saturated carbocycles. The molecule has 2 heterocycles. The first-order valence-electron chi connectivity index (χ1n) is 8.41. The molecular formula is C17H19N7O3. The van der Waals surface area contributed by atoms with Crippen molar-refractivity contribution < 1.29 is 4.79 Å². The molecule has 10 heteroatoms. The lowest BCUT2D eigenvalue weighted by Crippen LogP contribution is -2.28. The van der Waals surface area contributed by atoms with Crippen LogP contribution in [0.15, 0.2) is 45.2 Å². The van der Waals surface area contributed by atoms with E-state index in [1.807, 2.05) is 35.4 Å². The van der Waals surface area contributed by atoms with E-state index in [0.717, 1.165) is 23.0 Å². The molecule has 4 N–H and O–H groups in total. The second-order valence-corrected chi connectivity index (χ2v) is 5.71. The summed E-state index contributed by atoms with van der Waals surface area (Å²) in [6, 6.07) is 7.97. The molecule has 0 atom stereocenters. The van der Waals surface area contributed by atoms with E-state index in [0.29, 0.717) is 0 Å². The van der Waals surface area contributed by atoms with Crippen molar-refractivity contribution in [3.05, 3.63) is 56.9 Å². The van der Waals surface area contributed by atoms with Gasteiger partial charge in [0, 0.05) is 42.2 Å². The summed E-state index contributed by atoms with van der Waals surface area (Å²) in [6.45, 7) is 3.06. The van der Waals surface area contributed by atoms with Gasteiger partial charge < -0.3 is 9.88 Å². The number of hydrogen-bond acceptors (Lipinski definition) is 6. The van der Waals surface area contributed by atoms with E-state index in [9.17, 15) is 14.4 Å². The highest BCUT2D eigenvalue weighted by molar-refractivity contribution is 5.99. The van der Waals surface area contributed by atoms with Crippen molar-refractivity contribution in [2.24, 2.45) is 5.10 Å². The van der Waals surface area contributed by atoms with Crippen LogP contribution < -0.4 is 22.0 Å². The van der Waals surface area contributed by atoms with Gasteiger partial charge >= 0.3 is 5.69 Å². The van der Waals surface area contributed by atoms with Crippen LogP contribution in [0.1, 0.15) is 18.9 Å². The molecule has 0 aliphatic heterocycles. The fourth-order valence-electron chi connectivity index (χ4n) is 2.63. The largest absolute Gasteiger partial charge is 0.364 e. The van der Waals surface area contributed by atoms with E-state index in [1.165, 1.54) is 0 Å². The highest BCUT2D eigenvalue weighted by Crippen LogP contribution is 2.19. The number of H-pyrrole nitrogens is 2. The molecule has 0 spiro atoms. The molecule has 3 rings (SSSR count). The summed E-state index contributed by atoms with van der Waals surface area (Å²) in [6.07, 6.45) is 3.67. The Labute approximate surface area is 153 Å². The van der Waals surface area contributed by atoms with Crippen molar-refractivity contribution in [1.29, 1.82) is 0 Å². The van der Waals surface area contributed by atoms with Crippen molar-refractivity contribution in [2.75, 3.05) is 11.9 Å². The predicted molar refractivity (Wildman–Crippen MR) is 102 cm³/mol. The van der Waals surface area contributed by atoms with E-state index in [-0.39, 0.29) is 24.7 Å². The number of hydrogen-bond donors (Lipinski definition) is 4. The number of aromatic amines is 2. The number of aryl methyl sites for hydroxylation is 1. The number of rotatable bonds is 7. The van der Waals surface area contributed by atoms with E-state index in [4.69, 9.17) is 0 Å². The third kappa shape index (κ3) is 4.29. The summed E-state index contributed by atoms with van der Waals surface area (Å²) in [5.74, 6) is -0.378. The Morgan fingerprint density at radius 1 is 1.33 bits per heavy atom. The third-order valence-corrected chi connectivity index (χ3v) is 3.91. The third-order valence-electron chi connectivity index (χ3n) is 3.91. The monoisotopic (exact) mass is 369 g/mol. The maximum Gasteiger partial charge on any atom is 0.342 e. The first-order chi connectivity index (χ1) is 13.1. The summed E-state index contributed by atoms with van der Waals surface area (Å²) < 4.78 is 2.11. The molecule has 0 unspecified atom stereocenters. The summed E-state index contributed by atoms with van der Waals surface area (Å²) in [4.78, 5) is 36.2. The van der Waals surface area contributed by atoms with E-state index in [1.54, 1.807) is 6.21 Å². The van der Waals surface area contributed by atoms with Crippen molar-refractivity contribution in [2.45, 2.75) is 19.9 Å². The fraction of sp³-hybridized carbons (Fsp3) is 0.235. The number of nitrogens with one attached hydrogen (secondary N) is 4. The maximum atomic E-state index is 11.9. The van der Waals surface area contributed by atoms with Crippen LogP contribution in [0.3, 0.4) is 0 Å². The van der Waals surface area contributed by atoms with Gasteiger partial charge in [-0.15, -0.1) is 5.10 Å². The van der Waals surface area contributed by atoms with Crippen LogP contribution in [0.4, 0.5) is 5.82 Å². The van der Waals surface area contributed by atoms with Gasteiger partial charge in [0.15, 0.2) is 0 Å². The normalized spacial score (nSPS) is 11.1. The van der Waals surface area contributed by atoms with Crippen LogP contribution in [0.5, 0.6) is 0 Å². The van der Waals surface area contributed by atoms with Gasteiger partial charge in [-0.1, -0.05) is 18.2 Å². The number of carbonyl (C=O) groups excluding carboxylic acids is 1. The highest BCUT2D eigenvalue weighted by Gasteiger charge is 2.06. The highest BCUT2D eigenvalue weighted by atomic mass is 16.2. The smallest absolute Gasteiger partial charge is 0.342 e. The zero-order valence-electron chi connectivity index (χ0n) is 14.7. The van der Waals surface area contributed by atoms with Crippen LogP contribution in [-0.4, -0.2) is 38.4 Å². The average molecular weight is 369 g/mol. The Kier molecular flexibility index (Phi) is 5.45. The fourth-order valence-corrected chi connectivity index (χ4v) is 2.63. The van der Waals surface area contributed by atoms with Gasteiger partial charge in [-0.2, -0.15) is 5.10 Å². The molecule has 0 aliphatic carbocycles. The molecule has 3 aromatic rings. The lowest BCUT2D eigenvalue weighted by atomic mass is 10.2. The average Bonchev–Trinajstić information content (AvgIpc) is 3.02. The van der Waals surface area contributed by atoms with E-state index < -0.39 is 11.2 Å². The van der Waals surface area contributed by atoms with Crippen molar-refractivity contribution in [3.63, 3.8) is 0 Å². The molecule has 0 aliphatic rings. The van der Waals surface area contributed by atoms with Gasteiger partial charge in [0.05, 0.1) is 6.21 Å². The molecule has 0 fully saturated rings. The summed E-state index contributed by atoms with van der Waals surface area (Å²) >= 11 is 0. The SMILES string of the molecule is CCn1cc(/C=N/NC(=O)CCNc2n[nH]c(=O)[nH]c2=O)c2ccccc21. The van der Waals surface area contributed by atoms with Gasteiger partial charge in [-0.3, -0.25) is 14.6 Å². The molecular weight excluding hydrogens is 350 g/mol. The number of hydrazone groups is 1. The number of amides is 1. The van der Waals surface area contributed by atoms with Crippen molar-refractivity contribution in [3.8, 4) is 0 Å². The minimum atomic E-state index is -0.693. The summed E-state index contributed by atoms with van der Waals surface area (Å²) in [5.41, 5.74) is 3.13. The standard InChI is InChI=1S/C17H19N7O3/c1-2-24-10-11(12-5-3-4-6-13(12)24)9-19-21-14(25)7-8-18-15-16(26)20-17(27)23-22-15/h3-6,9-10H,2,7-8H2,1H3,(H,18,22)(H,21,25)(H2,20,23,26,27)/b19-9+. The van der Waals surface area contributed by atoms with Crippen LogP contribution >= 0.6 is 0 Å². The van der Waals surface area contributed by atoms with Crippen LogP contribution in [0.2, 0.25) is 0 Å². The van der Waals surface area contributed by atoms with Crippen LogP contribution in [0, 0.1) is 0 Å². The number of para-hydroxylation sites is 1. The van der Waals surface area contributed by atoms with E-state index in [2.05, 4.69) is 37.5 Å². The zero-order chi connectivity index (χ0) is 19.2. The zero-order valence-corrected chi connectivity index (χ0v) is 14.7. The maximum absolute atomic E-state index is 11.9. The Bertz CT molecular complexity index is 1090. The van der Waals surface area contributed by atoms with Crippen LogP contribution in [-0.2, 0) is 11.3 Å². The van der Waals surface area contributed by atoms with Crippen LogP contribution in [0.25, 0.3) is 10.9 Å². The Morgan fingerprint density at radius 3 is 2.93 bits per heavy atom. The lowest BCUT2D eigenvalue weighted by Gasteiger charge is -2.02. The molecule has 0 bridgehead atoms. The molecule has 1 amide bonds. The Hall–Kier alpha value is -3.69. The minimum absolute atomic E-state index is 0.0572. The molecule has 10 nitrogen and oxygen atoms in total. The van der Waals surface area contributed by atoms with Gasteiger partial charge in [0.25, 0.3) is 5.56 Å². The minimum Gasteiger partial charge on any atom is -0.364 e. The first-order valence-corrected chi connectivity index (χ1v) is 8.41. The lowest BCUT2D eigenvalue weighted by molar-refractivity contribution is -0.120. The molecule has 1 aromatic carbocycles. The van der Waals surface area contributed by atoms with Gasteiger partial charge in [-0.25, -0.2) is 15.3 Å². The number of fused-ring (bicyclic) bond motifs is 1. The van der Waals surface area contributed by atoms with Gasteiger partial charge in [0.1, 0.15) is 0 Å². The predicted octanol–water partition coefficient (Wildman–Crippen LogP) is 0.385. The first kappa shape index (κ1) is 18.1. The molecule has 2 aromatic heterocycles. The van der Waals surface area contributed by atoms with E-state index >= 15 is 0 Å². The topological polar surface area (TPSA) is 137 Å². The quantitative estimate of drug-likeness (QED) is 0.353. The Morgan fingerprint density at radius 2 is 2.15 bits per heavy atom. The number of carbonyl (C=O) groups is 1. The molecule has 140 valence electrons. The number of aromatic nitrogens is 4.